The zero-order valence-corrected chi connectivity index (χ0v) is 18.0. The van der Waals surface area contributed by atoms with E-state index in [4.69, 9.17) is 0 Å². The highest BCUT2D eigenvalue weighted by Gasteiger charge is 2.58. The van der Waals surface area contributed by atoms with Gasteiger partial charge in [0.2, 0.25) is 0 Å². The van der Waals surface area contributed by atoms with Crippen LogP contribution in [0.25, 0.3) is 0 Å². The second-order valence-electron chi connectivity index (χ2n) is 10.6. The molecule has 0 bridgehead atoms. The van der Waals surface area contributed by atoms with Crippen LogP contribution in [-0.4, -0.2) is 16.6 Å². The topological polar surface area (TPSA) is 54.4 Å². The van der Waals surface area contributed by atoms with Crippen LogP contribution in [0.5, 0.6) is 0 Å². The van der Waals surface area contributed by atoms with Gasteiger partial charge in [0.05, 0.1) is 0 Å². The van der Waals surface area contributed by atoms with Crippen LogP contribution in [0.1, 0.15) is 88.4 Å². The van der Waals surface area contributed by atoms with Crippen molar-refractivity contribution in [2.75, 3.05) is 0 Å². The summed E-state index contributed by atoms with van der Waals surface area (Å²) in [6.45, 7) is 5.07. The Balaban J connectivity index is 1.34. The summed E-state index contributed by atoms with van der Waals surface area (Å²) in [4.78, 5) is 16.4. The van der Waals surface area contributed by atoms with Crippen molar-refractivity contribution >= 4 is 11.6 Å². The number of carbonyl (C=O) groups is 1. The largest absolute Gasteiger partial charge is 0.271 e. The van der Waals surface area contributed by atoms with E-state index >= 15 is 0 Å². The molecule has 6 unspecified atom stereocenters. The van der Waals surface area contributed by atoms with Gasteiger partial charge in [0.25, 0.3) is 5.91 Å². The van der Waals surface area contributed by atoms with Crippen LogP contribution in [0.15, 0.2) is 29.6 Å². The summed E-state index contributed by atoms with van der Waals surface area (Å²) in [6.07, 6.45) is 16.9. The third-order valence-corrected chi connectivity index (χ3v) is 9.56. The molecule has 4 aliphatic rings. The first-order valence-corrected chi connectivity index (χ1v) is 11.8. The summed E-state index contributed by atoms with van der Waals surface area (Å²) >= 11 is 0. The van der Waals surface area contributed by atoms with Crippen LogP contribution in [-0.2, 0) is 0 Å². The molecule has 0 saturated heterocycles. The number of nitrogens with zero attached hydrogens (tertiary/aromatic N) is 2. The smallest absolute Gasteiger partial charge is 0.267 e. The third-order valence-electron chi connectivity index (χ3n) is 9.56. The van der Waals surface area contributed by atoms with E-state index in [-0.39, 0.29) is 11.3 Å². The van der Waals surface area contributed by atoms with Gasteiger partial charge in [-0.3, -0.25) is 9.78 Å². The molecule has 5 rings (SSSR count). The molecular weight excluding hydrogens is 358 g/mol. The van der Waals surface area contributed by atoms with Crippen molar-refractivity contribution < 1.29 is 4.79 Å². The van der Waals surface area contributed by atoms with Crippen LogP contribution >= 0.6 is 0 Å². The van der Waals surface area contributed by atoms with Gasteiger partial charge in [-0.25, -0.2) is 5.43 Å². The van der Waals surface area contributed by atoms with Gasteiger partial charge in [0.15, 0.2) is 0 Å². The minimum absolute atomic E-state index is 0.129. The lowest BCUT2D eigenvalue weighted by Crippen LogP contribution is -2.52. The summed E-state index contributed by atoms with van der Waals surface area (Å²) in [5.74, 6) is 3.35. The maximum absolute atomic E-state index is 12.4. The SMILES string of the molecule is CC12CCC3C(CCC4CCCCC43C)C1CCC2=NNC(=O)c1ccncc1. The monoisotopic (exact) mass is 393 g/mol. The predicted octanol–water partition coefficient (Wildman–Crippen LogP) is 5.60. The lowest BCUT2D eigenvalue weighted by atomic mass is 9.45. The van der Waals surface area contributed by atoms with Gasteiger partial charge < -0.3 is 0 Å². The van der Waals surface area contributed by atoms with Gasteiger partial charge in [0, 0.05) is 29.1 Å². The maximum atomic E-state index is 12.4. The fourth-order valence-corrected chi connectivity index (χ4v) is 7.95. The maximum Gasteiger partial charge on any atom is 0.271 e. The Morgan fingerprint density at radius 2 is 1.86 bits per heavy atom. The zero-order chi connectivity index (χ0) is 20.1. The molecule has 4 fully saturated rings. The molecule has 0 spiro atoms. The lowest BCUT2D eigenvalue weighted by Gasteiger charge is -2.59. The molecule has 29 heavy (non-hydrogen) atoms. The van der Waals surface area contributed by atoms with Crippen molar-refractivity contribution in [2.24, 2.45) is 39.6 Å². The highest BCUT2D eigenvalue weighted by molar-refractivity contribution is 5.97. The molecule has 4 aliphatic carbocycles. The van der Waals surface area contributed by atoms with Crippen molar-refractivity contribution in [1.29, 1.82) is 0 Å². The quantitative estimate of drug-likeness (QED) is 0.665. The number of amides is 1. The van der Waals surface area contributed by atoms with Gasteiger partial charge in [-0.1, -0.05) is 26.7 Å². The van der Waals surface area contributed by atoms with E-state index in [0.717, 1.165) is 30.1 Å². The standard InChI is InChI=1S/C25H35N3O/c1-24-13-4-3-5-18(24)6-7-19-20-8-9-22(25(20,2)14-10-21(19)24)27-28-23(29)17-11-15-26-16-12-17/h11-12,15-16,18-21H,3-10,13-14H2,1-2H3,(H,28,29). The number of fused-ring (bicyclic) bond motifs is 5. The van der Waals surface area contributed by atoms with E-state index in [1.165, 1.54) is 63.5 Å². The molecule has 4 saturated carbocycles. The first-order chi connectivity index (χ1) is 14.0. The van der Waals surface area contributed by atoms with Crippen LogP contribution < -0.4 is 5.43 Å². The zero-order valence-electron chi connectivity index (χ0n) is 18.0. The van der Waals surface area contributed by atoms with E-state index in [9.17, 15) is 4.79 Å². The summed E-state index contributed by atoms with van der Waals surface area (Å²) < 4.78 is 0. The van der Waals surface area contributed by atoms with Crippen molar-refractivity contribution in [3.05, 3.63) is 30.1 Å². The van der Waals surface area contributed by atoms with Crippen LogP contribution in [0.2, 0.25) is 0 Å². The Morgan fingerprint density at radius 1 is 1.03 bits per heavy atom. The molecule has 1 aromatic heterocycles. The van der Waals surface area contributed by atoms with Crippen molar-refractivity contribution in [1.82, 2.24) is 10.4 Å². The normalized spacial score (nSPS) is 42.6. The number of pyridine rings is 1. The number of carbonyl (C=O) groups excluding carboxylic acids is 1. The summed E-state index contributed by atoms with van der Waals surface area (Å²) in [6, 6.07) is 3.48. The Kier molecular flexibility index (Phi) is 4.79. The molecule has 6 atom stereocenters. The number of rotatable bonds is 2. The summed E-state index contributed by atoms with van der Waals surface area (Å²) in [5.41, 5.74) is 5.45. The second kappa shape index (κ2) is 7.21. The van der Waals surface area contributed by atoms with Crippen LogP contribution in [0, 0.1) is 34.5 Å². The molecule has 1 amide bonds. The summed E-state index contributed by atoms with van der Waals surface area (Å²) in [7, 11) is 0. The Morgan fingerprint density at radius 3 is 2.69 bits per heavy atom. The first-order valence-electron chi connectivity index (χ1n) is 11.8. The van der Waals surface area contributed by atoms with E-state index in [2.05, 4.69) is 29.4 Å². The Bertz CT molecular complexity index is 806. The minimum Gasteiger partial charge on any atom is -0.267 e. The number of aromatic nitrogens is 1. The van der Waals surface area contributed by atoms with Crippen LogP contribution in [0.4, 0.5) is 0 Å². The predicted molar refractivity (Wildman–Crippen MR) is 115 cm³/mol. The number of nitrogens with one attached hydrogen (secondary N) is 1. The number of hydrogen-bond acceptors (Lipinski definition) is 3. The van der Waals surface area contributed by atoms with Gasteiger partial charge in [0.1, 0.15) is 0 Å². The van der Waals surface area contributed by atoms with E-state index in [1.807, 2.05) is 0 Å². The Labute approximate surface area is 175 Å². The van der Waals surface area contributed by atoms with Crippen LogP contribution in [0.3, 0.4) is 0 Å². The van der Waals surface area contributed by atoms with Crippen molar-refractivity contribution in [3.63, 3.8) is 0 Å². The average molecular weight is 394 g/mol. The minimum atomic E-state index is -0.129. The third kappa shape index (κ3) is 3.05. The van der Waals surface area contributed by atoms with Crippen molar-refractivity contribution in [3.8, 4) is 0 Å². The fourth-order valence-electron chi connectivity index (χ4n) is 7.95. The van der Waals surface area contributed by atoms with Gasteiger partial charge in [-0.15, -0.1) is 0 Å². The summed E-state index contributed by atoms with van der Waals surface area (Å²) in [5, 5.41) is 4.69. The molecule has 156 valence electrons. The van der Waals surface area contributed by atoms with Gasteiger partial charge in [-0.2, -0.15) is 5.10 Å². The highest BCUT2D eigenvalue weighted by atomic mass is 16.2. The molecule has 0 aliphatic heterocycles. The number of hydrazone groups is 1. The first kappa shape index (κ1) is 19.3. The highest BCUT2D eigenvalue weighted by Crippen LogP contribution is 2.65. The fraction of sp³-hybridized carbons (Fsp3) is 0.720. The van der Waals surface area contributed by atoms with E-state index < -0.39 is 0 Å². The molecular formula is C25H35N3O. The average Bonchev–Trinajstić information content (AvgIpc) is 3.08. The van der Waals surface area contributed by atoms with Crippen molar-refractivity contribution in [2.45, 2.75) is 78.1 Å². The van der Waals surface area contributed by atoms with Gasteiger partial charge >= 0.3 is 0 Å². The molecule has 4 heteroatoms. The van der Waals surface area contributed by atoms with E-state index in [0.29, 0.717) is 11.0 Å². The van der Waals surface area contributed by atoms with Gasteiger partial charge in [-0.05, 0) is 92.6 Å². The molecule has 1 N–H and O–H groups in total. The molecule has 0 aromatic carbocycles. The Hall–Kier alpha value is -1.71. The molecule has 0 radical (unpaired) electrons. The number of hydrogen-bond donors (Lipinski definition) is 1. The lowest BCUT2D eigenvalue weighted by molar-refractivity contribution is -0.0936. The molecule has 1 aromatic rings. The molecule has 1 heterocycles. The van der Waals surface area contributed by atoms with E-state index in [1.54, 1.807) is 24.5 Å². The molecule has 4 nitrogen and oxygen atoms in total. The second-order valence-corrected chi connectivity index (χ2v) is 10.6.